The molecule has 0 bridgehead atoms. The molecule has 0 saturated carbocycles. The molecule has 29 heavy (non-hydrogen) atoms. The van der Waals surface area contributed by atoms with E-state index in [-0.39, 0.29) is 0 Å². The SMILES string of the molecule is Cc1cc(C)c(S(=O)(=O)Nc2cccc(-c3cn4cccc(C)c4n3)c2)cc1C. The molecule has 2 aromatic carbocycles. The second kappa shape index (κ2) is 7.04. The van der Waals surface area contributed by atoms with Crippen LogP contribution in [0.3, 0.4) is 0 Å². The first-order chi connectivity index (χ1) is 13.7. The lowest BCUT2D eigenvalue weighted by Gasteiger charge is -2.13. The summed E-state index contributed by atoms with van der Waals surface area (Å²) in [6, 6.07) is 14.9. The van der Waals surface area contributed by atoms with Crippen LogP contribution in [0.2, 0.25) is 0 Å². The van der Waals surface area contributed by atoms with E-state index in [2.05, 4.69) is 4.72 Å². The van der Waals surface area contributed by atoms with Gasteiger partial charge in [0, 0.05) is 23.6 Å². The van der Waals surface area contributed by atoms with E-state index in [9.17, 15) is 8.42 Å². The largest absolute Gasteiger partial charge is 0.306 e. The summed E-state index contributed by atoms with van der Waals surface area (Å²) in [7, 11) is -3.69. The number of aryl methyl sites for hydroxylation is 4. The number of rotatable bonds is 4. The molecule has 4 aromatic rings. The number of benzene rings is 2. The number of aromatic nitrogens is 2. The van der Waals surface area contributed by atoms with Crippen molar-refractivity contribution in [2.75, 3.05) is 4.72 Å². The van der Waals surface area contributed by atoms with Gasteiger partial charge in [0.2, 0.25) is 0 Å². The van der Waals surface area contributed by atoms with Crippen LogP contribution in [0.4, 0.5) is 5.69 Å². The van der Waals surface area contributed by atoms with E-state index in [1.165, 1.54) is 0 Å². The Bertz CT molecular complexity index is 1340. The standard InChI is InChI=1S/C23H23N3O2S/c1-15-7-6-10-26-14-21(24-23(15)26)19-8-5-9-20(13-19)25-29(27,28)22-12-17(3)16(2)11-18(22)4/h5-14,25H,1-4H3. The predicted octanol–water partition coefficient (Wildman–Crippen LogP) is 5.04. The molecule has 1 N–H and O–H groups in total. The van der Waals surface area contributed by atoms with Crippen molar-refractivity contribution in [1.82, 2.24) is 9.38 Å². The zero-order chi connectivity index (χ0) is 20.8. The highest BCUT2D eigenvalue weighted by molar-refractivity contribution is 7.92. The van der Waals surface area contributed by atoms with E-state index in [0.717, 1.165) is 39.2 Å². The Labute approximate surface area is 171 Å². The molecule has 148 valence electrons. The summed E-state index contributed by atoms with van der Waals surface area (Å²) in [5, 5.41) is 0. The van der Waals surface area contributed by atoms with Crippen LogP contribution in [0, 0.1) is 27.7 Å². The van der Waals surface area contributed by atoms with Gasteiger partial charge in [0.1, 0.15) is 5.65 Å². The molecule has 0 fully saturated rings. The van der Waals surface area contributed by atoms with E-state index in [1.807, 2.05) is 80.9 Å². The lowest BCUT2D eigenvalue weighted by atomic mass is 10.1. The third-order valence-electron chi connectivity index (χ3n) is 5.17. The van der Waals surface area contributed by atoms with Gasteiger partial charge in [0.05, 0.1) is 10.6 Å². The molecule has 0 spiro atoms. The maximum Gasteiger partial charge on any atom is 0.262 e. The molecule has 2 aromatic heterocycles. The summed E-state index contributed by atoms with van der Waals surface area (Å²) in [4.78, 5) is 5.00. The Morgan fingerprint density at radius 1 is 0.862 bits per heavy atom. The van der Waals surface area contributed by atoms with Crippen molar-refractivity contribution in [3.05, 3.63) is 83.2 Å². The molecule has 0 aliphatic carbocycles. The van der Waals surface area contributed by atoms with E-state index in [4.69, 9.17) is 4.98 Å². The van der Waals surface area contributed by atoms with Crippen molar-refractivity contribution < 1.29 is 8.42 Å². The first-order valence-corrected chi connectivity index (χ1v) is 10.9. The van der Waals surface area contributed by atoms with Crippen LogP contribution in [-0.4, -0.2) is 17.8 Å². The van der Waals surface area contributed by atoms with Gasteiger partial charge in [-0.15, -0.1) is 0 Å². The highest BCUT2D eigenvalue weighted by Crippen LogP contribution is 2.26. The number of anilines is 1. The maximum atomic E-state index is 13.0. The molecule has 0 aliphatic rings. The molecule has 6 heteroatoms. The number of hydrogen-bond acceptors (Lipinski definition) is 3. The number of nitrogens with one attached hydrogen (secondary N) is 1. The molecule has 0 aliphatic heterocycles. The second-order valence-corrected chi connectivity index (χ2v) is 9.09. The van der Waals surface area contributed by atoms with Crippen LogP contribution < -0.4 is 4.72 Å². The minimum Gasteiger partial charge on any atom is -0.306 e. The lowest BCUT2D eigenvalue weighted by molar-refractivity contribution is 0.600. The molecule has 0 amide bonds. The quantitative estimate of drug-likeness (QED) is 0.518. The fourth-order valence-electron chi connectivity index (χ4n) is 3.47. The molecular formula is C23H23N3O2S. The Morgan fingerprint density at radius 3 is 2.38 bits per heavy atom. The summed E-state index contributed by atoms with van der Waals surface area (Å²) in [6.07, 6.45) is 3.90. The minimum absolute atomic E-state index is 0.300. The summed E-state index contributed by atoms with van der Waals surface area (Å²) in [5.74, 6) is 0. The lowest BCUT2D eigenvalue weighted by Crippen LogP contribution is -2.14. The molecule has 4 rings (SSSR count). The smallest absolute Gasteiger partial charge is 0.262 e. The van der Waals surface area contributed by atoms with Crippen LogP contribution in [0.25, 0.3) is 16.9 Å². The summed E-state index contributed by atoms with van der Waals surface area (Å²) >= 11 is 0. The van der Waals surface area contributed by atoms with E-state index < -0.39 is 10.0 Å². The molecule has 0 unspecified atom stereocenters. The highest BCUT2D eigenvalue weighted by atomic mass is 32.2. The number of hydrogen-bond donors (Lipinski definition) is 1. The first kappa shape index (κ1) is 19.2. The Balaban J connectivity index is 1.70. The van der Waals surface area contributed by atoms with Crippen LogP contribution in [0.15, 0.2) is 65.8 Å². The van der Waals surface area contributed by atoms with Gasteiger partial charge in [0.25, 0.3) is 10.0 Å². The van der Waals surface area contributed by atoms with Crippen LogP contribution in [0.1, 0.15) is 22.3 Å². The maximum absolute atomic E-state index is 13.0. The van der Waals surface area contributed by atoms with Crippen LogP contribution in [-0.2, 0) is 10.0 Å². The topological polar surface area (TPSA) is 63.5 Å². The van der Waals surface area contributed by atoms with Gasteiger partial charge in [-0.1, -0.05) is 24.3 Å². The zero-order valence-electron chi connectivity index (χ0n) is 16.9. The first-order valence-electron chi connectivity index (χ1n) is 9.40. The summed E-state index contributed by atoms with van der Waals surface area (Å²) in [6.45, 7) is 7.73. The number of sulfonamides is 1. The molecular weight excluding hydrogens is 382 g/mol. The van der Waals surface area contributed by atoms with Gasteiger partial charge >= 0.3 is 0 Å². The van der Waals surface area contributed by atoms with Crippen LogP contribution >= 0.6 is 0 Å². The third-order valence-corrected chi connectivity index (χ3v) is 6.69. The van der Waals surface area contributed by atoms with Gasteiger partial charge in [-0.25, -0.2) is 13.4 Å². The Kier molecular flexibility index (Phi) is 4.67. The molecule has 0 saturated heterocycles. The second-order valence-electron chi connectivity index (χ2n) is 7.44. The van der Waals surface area contributed by atoms with E-state index >= 15 is 0 Å². The van der Waals surface area contributed by atoms with Gasteiger partial charge < -0.3 is 4.40 Å². The average Bonchev–Trinajstić information content (AvgIpc) is 3.10. The fraction of sp³-hybridized carbons (Fsp3) is 0.174. The monoisotopic (exact) mass is 405 g/mol. The van der Waals surface area contributed by atoms with E-state index in [1.54, 1.807) is 12.1 Å². The molecule has 0 atom stereocenters. The molecule has 5 nitrogen and oxygen atoms in total. The van der Waals surface area contributed by atoms with Crippen molar-refractivity contribution in [2.45, 2.75) is 32.6 Å². The average molecular weight is 406 g/mol. The van der Waals surface area contributed by atoms with Gasteiger partial charge in [-0.2, -0.15) is 0 Å². The summed E-state index contributed by atoms with van der Waals surface area (Å²) < 4.78 is 30.7. The van der Waals surface area contributed by atoms with Gasteiger partial charge in [-0.05, 0) is 74.2 Å². The third kappa shape index (κ3) is 3.63. The molecule has 0 radical (unpaired) electrons. The minimum atomic E-state index is -3.69. The van der Waals surface area contributed by atoms with Crippen molar-refractivity contribution in [3.63, 3.8) is 0 Å². The van der Waals surface area contributed by atoms with Crippen molar-refractivity contribution >= 4 is 21.4 Å². The van der Waals surface area contributed by atoms with Crippen LogP contribution in [0.5, 0.6) is 0 Å². The van der Waals surface area contributed by atoms with Crippen molar-refractivity contribution in [2.24, 2.45) is 0 Å². The van der Waals surface area contributed by atoms with Gasteiger partial charge in [-0.3, -0.25) is 4.72 Å². The number of pyridine rings is 1. The number of fused-ring (bicyclic) bond motifs is 1. The number of imidazole rings is 1. The highest BCUT2D eigenvalue weighted by Gasteiger charge is 2.18. The zero-order valence-corrected chi connectivity index (χ0v) is 17.7. The Hall–Kier alpha value is -3.12. The summed E-state index contributed by atoms with van der Waals surface area (Å²) in [5.41, 5.74) is 6.88. The number of nitrogens with zero attached hydrogens (tertiary/aromatic N) is 2. The van der Waals surface area contributed by atoms with Crippen molar-refractivity contribution in [1.29, 1.82) is 0 Å². The van der Waals surface area contributed by atoms with Crippen molar-refractivity contribution in [3.8, 4) is 11.3 Å². The normalized spacial score (nSPS) is 11.7. The predicted molar refractivity (Wildman–Crippen MR) is 117 cm³/mol. The van der Waals surface area contributed by atoms with Gasteiger partial charge in [0.15, 0.2) is 0 Å². The Morgan fingerprint density at radius 2 is 1.62 bits per heavy atom. The fourth-order valence-corrected chi connectivity index (χ4v) is 4.83. The molecule has 2 heterocycles. The van der Waals surface area contributed by atoms with E-state index in [0.29, 0.717) is 10.6 Å².